The molecule has 0 fully saturated rings. The minimum absolute atomic E-state index is 0.0156. The third-order valence-corrected chi connectivity index (χ3v) is 1.68. The lowest BCUT2D eigenvalue weighted by molar-refractivity contribution is -0.102. The van der Waals surface area contributed by atoms with E-state index in [1.807, 2.05) is 0 Å². The maximum Gasteiger partial charge on any atom is 0.151 e. The van der Waals surface area contributed by atoms with Crippen LogP contribution in [0.25, 0.3) is 0 Å². The summed E-state index contributed by atoms with van der Waals surface area (Å²) in [6.45, 7) is 14.5. The monoisotopic (exact) mass is 248 g/mol. The predicted octanol–water partition coefficient (Wildman–Crippen LogP) is 3.48. The smallest absolute Gasteiger partial charge is 0.151 e. The Morgan fingerprint density at radius 2 is 1.29 bits per heavy atom. The Morgan fingerprint density at radius 3 is 1.47 bits per heavy atom. The number of unbranched alkanes of at least 4 members (excludes halogenated alkanes) is 2. The van der Waals surface area contributed by atoms with Crippen molar-refractivity contribution in [1.29, 1.82) is 0 Å². The molecule has 106 valence electrons. The van der Waals surface area contributed by atoms with E-state index in [-0.39, 0.29) is 11.2 Å². The number of ether oxygens (including phenoxy) is 1. The Labute approximate surface area is 107 Å². The minimum Gasteiger partial charge on any atom is -0.370 e. The molecule has 0 bridgehead atoms. The van der Waals surface area contributed by atoms with Crippen LogP contribution in [0.1, 0.15) is 74.1 Å². The molecule has 0 saturated heterocycles. The number of rotatable bonds is 4. The summed E-state index contributed by atoms with van der Waals surface area (Å²) >= 11 is 0. The normalized spacial score (nSPS) is 12.4. The summed E-state index contributed by atoms with van der Waals surface area (Å²) in [4.78, 5) is 0. The Bertz CT molecular complexity index is 151. The summed E-state index contributed by atoms with van der Waals surface area (Å²) in [5.74, 6) is 0. The molecule has 17 heavy (non-hydrogen) atoms. The van der Waals surface area contributed by atoms with Crippen LogP contribution in [-0.2, 0) is 4.74 Å². The van der Waals surface area contributed by atoms with Gasteiger partial charge in [-0.1, -0.05) is 19.8 Å². The third-order valence-electron chi connectivity index (χ3n) is 1.68. The Morgan fingerprint density at radius 1 is 0.882 bits per heavy atom. The topological polar surface area (TPSA) is 49.7 Å². The summed E-state index contributed by atoms with van der Waals surface area (Å²) in [6, 6.07) is 0. The highest BCUT2D eigenvalue weighted by atomic mass is 16.5. The maximum atomic E-state index is 8.33. The molecule has 0 aliphatic heterocycles. The fraction of sp³-hybridized carbons (Fsp3) is 1.00. The van der Waals surface area contributed by atoms with Gasteiger partial charge >= 0.3 is 0 Å². The lowest BCUT2D eigenvalue weighted by Crippen LogP contribution is -2.31. The average molecular weight is 248 g/mol. The van der Waals surface area contributed by atoms with Gasteiger partial charge in [-0.15, -0.1) is 0 Å². The molecule has 3 heteroatoms. The molecular weight excluding hydrogens is 216 g/mol. The number of aliphatic hydroxyl groups excluding tert-OH is 1. The second-order valence-corrected chi connectivity index (χ2v) is 6.30. The van der Waals surface area contributed by atoms with Crippen LogP contribution in [0.4, 0.5) is 0 Å². The number of hydrogen-bond donors (Lipinski definition) is 2. The van der Waals surface area contributed by atoms with E-state index >= 15 is 0 Å². The third kappa shape index (κ3) is 25.8. The molecule has 0 rings (SSSR count). The summed E-state index contributed by atoms with van der Waals surface area (Å²) in [5, 5.41) is 16.7. The van der Waals surface area contributed by atoms with Gasteiger partial charge in [0.05, 0.1) is 11.2 Å². The molecule has 0 aromatic rings. The van der Waals surface area contributed by atoms with Crippen LogP contribution in [0.2, 0.25) is 0 Å². The molecule has 0 heterocycles. The van der Waals surface area contributed by atoms with Gasteiger partial charge in [0.25, 0.3) is 0 Å². The zero-order chi connectivity index (χ0) is 14.1. The van der Waals surface area contributed by atoms with Crippen molar-refractivity contribution < 1.29 is 14.9 Å². The van der Waals surface area contributed by atoms with Gasteiger partial charge in [-0.05, 0) is 54.4 Å². The molecule has 0 aliphatic rings. The van der Waals surface area contributed by atoms with Crippen LogP contribution in [0.5, 0.6) is 0 Å². The van der Waals surface area contributed by atoms with Gasteiger partial charge in [0, 0.05) is 0 Å². The number of hydrogen-bond acceptors (Lipinski definition) is 3. The second-order valence-electron chi connectivity index (χ2n) is 6.30. The zero-order valence-corrected chi connectivity index (χ0v) is 12.7. The molecule has 0 amide bonds. The van der Waals surface area contributed by atoms with E-state index in [4.69, 9.17) is 14.9 Å². The molecule has 0 saturated carbocycles. The molecule has 2 N–H and O–H groups in total. The van der Waals surface area contributed by atoms with Crippen LogP contribution >= 0.6 is 0 Å². The first-order chi connectivity index (χ1) is 7.48. The van der Waals surface area contributed by atoms with Crippen molar-refractivity contribution in [3.05, 3.63) is 0 Å². The molecule has 3 nitrogen and oxygen atoms in total. The first-order valence-electron chi connectivity index (χ1n) is 6.54. The first kappa shape index (κ1) is 19.2. The van der Waals surface area contributed by atoms with E-state index in [1.54, 1.807) is 0 Å². The summed E-state index contributed by atoms with van der Waals surface area (Å²) in [5.41, 5.74) is -0.0312. The second kappa shape index (κ2) is 8.90. The van der Waals surface area contributed by atoms with Gasteiger partial charge < -0.3 is 14.9 Å². The molecular formula is C14H32O3. The van der Waals surface area contributed by atoms with Crippen molar-refractivity contribution in [3.63, 3.8) is 0 Å². The van der Waals surface area contributed by atoms with Crippen LogP contribution in [0.15, 0.2) is 0 Å². The average Bonchev–Trinajstić information content (AvgIpc) is 1.97. The molecule has 0 atom stereocenters. The van der Waals surface area contributed by atoms with Crippen molar-refractivity contribution in [2.24, 2.45) is 0 Å². The standard InChI is InChI=1S/C8H18O.C6H14O2/c1-7(2,3)9-8(4,5)6;1-2-3-4-5-6(7)8/h1-6H3;6-8H,2-5H2,1H3. The number of aliphatic hydroxyl groups is 2. The van der Waals surface area contributed by atoms with E-state index in [1.165, 1.54) is 0 Å². The van der Waals surface area contributed by atoms with Crippen LogP contribution < -0.4 is 0 Å². The molecule has 0 aromatic heterocycles. The van der Waals surface area contributed by atoms with Gasteiger partial charge in [-0.2, -0.15) is 0 Å². The van der Waals surface area contributed by atoms with E-state index in [2.05, 4.69) is 48.5 Å². The molecule has 0 spiro atoms. The van der Waals surface area contributed by atoms with E-state index in [0.29, 0.717) is 6.42 Å². The van der Waals surface area contributed by atoms with E-state index < -0.39 is 6.29 Å². The Hall–Kier alpha value is -0.120. The minimum atomic E-state index is -1.10. The largest absolute Gasteiger partial charge is 0.370 e. The lowest BCUT2D eigenvalue weighted by atomic mass is 10.1. The zero-order valence-electron chi connectivity index (χ0n) is 12.7. The maximum absolute atomic E-state index is 8.33. The van der Waals surface area contributed by atoms with E-state index in [0.717, 1.165) is 19.3 Å². The van der Waals surface area contributed by atoms with Crippen molar-refractivity contribution in [2.45, 2.75) is 91.6 Å². The SMILES string of the molecule is CC(C)(C)OC(C)(C)C.CCCCCC(O)O. The lowest BCUT2D eigenvalue weighted by Gasteiger charge is -2.30. The highest BCUT2D eigenvalue weighted by Crippen LogP contribution is 2.17. The van der Waals surface area contributed by atoms with Gasteiger partial charge in [-0.25, -0.2) is 0 Å². The van der Waals surface area contributed by atoms with Gasteiger partial charge in [0.1, 0.15) is 0 Å². The van der Waals surface area contributed by atoms with Crippen molar-refractivity contribution in [2.75, 3.05) is 0 Å². The molecule has 0 aromatic carbocycles. The molecule has 0 aliphatic carbocycles. The van der Waals surface area contributed by atoms with Crippen molar-refractivity contribution in [1.82, 2.24) is 0 Å². The van der Waals surface area contributed by atoms with Crippen molar-refractivity contribution in [3.8, 4) is 0 Å². The van der Waals surface area contributed by atoms with Crippen LogP contribution in [0.3, 0.4) is 0 Å². The van der Waals surface area contributed by atoms with Crippen molar-refractivity contribution >= 4 is 0 Å². The predicted molar refractivity (Wildman–Crippen MR) is 73.0 cm³/mol. The summed E-state index contributed by atoms with van der Waals surface area (Å²) in [6.07, 6.45) is 2.58. The van der Waals surface area contributed by atoms with Gasteiger partial charge in [0.15, 0.2) is 6.29 Å². The quantitative estimate of drug-likeness (QED) is 0.591. The van der Waals surface area contributed by atoms with Gasteiger partial charge in [-0.3, -0.25) is 0 Å². The highest BCUT2D eigenvalue weighted by Gasteiger charge is 2.19. The van der Waals surface area contributed by atoms with Crippen LogP contribution in [-0.4, -0.2) is 27.7 Å². The first-order valence-corrected chi connectivity index (χ1v) is 6.54. The fourth-order valence-electron chi connectivity index (χ4n) is 1.50. The Kier molecular flexibility index (Phi) is 10.1. The summed E-state index contributed by atoms with van der Waals surface area (Å²) < 4.78 is 5.62. The highest BCUT2D eigenvalue weighted by molar-refractivity contribution is 4.68. The molecule has 0 unspecified atom stereocenters. The Balaban J connectivity index is 0. The van der Waals surface area contributed by atoms with E-state index in [9.17, 15) is 0 Å². The summed E-state index contributed by atoms with van der Waals surface area (Å²) in [7, 11) is 0. The van der Waals surface area contributed by atoms with Gasteiger partial charge in [0.2, 0.25) is 0 Å². The molecule has 0 radical (unpaired) electrons. The fourth-order valence-corrected chi connectivity index (χ4v) is 1.50. The van der Waals surface area contributed by atoms with Crippen LogP contribution in [0, 0.1) is 0 Å².